The zero-order valence-electron chi connectivity index (χ0n) is 16.0. The first kappa shape index (κ1) is 22.8. The van der Waals surface area contributed by atoms with Crippen molar-refractivity contribution < 1.29 is 29.4 Å². The molecule has 0 bridgehead atoms. The number of amides is 3. The Bertz CT molecular complexity index is 568. The van der Waals surface area contributed by atoms with Crippen molar-refractivity contribution in [3.63, 3.8) is 0 Å². The number of carboxylic acid groups (broad SMARTS) is 1. The summed E-state index contributed by atoms with van der Waals surface area (Å²) in [4.78, 5) is 49.6. The molecule has 10 nitrogen and oxygen atoms in total. The number of hydrogen-bond acceptors (Lipinski definition) is 6. The first-order valence-electron chi connectivity index (χ1n) is 9.15. The largest absolute Gasteiger partial charge is 0.480 e. The molecule has 3 amide bonds. The lowest BCUT2D eigenvalue weighted by atomic mass is 9.98. The van der Waals surface area contributed by atoms with Crippen LogP contribution in [0.25, 0.3) is 0 Å². The summed E-state index contributed by atoms with van der Waals surface area (Å²) in [5, 5.41) is 24.0. The van der Waals surface area contributed by atoms with Crippen molar-refractivity contribution in [2.75, 3.05) is 13.1 Å². The van der Waals surface area contributed by atoms with Gasteiger partial charge in [-0.15, -0.1) is 0 Å². The van der Waals surface area contributed by atoms with Crippen molar-refractivity contribution in [3.8, 4) is 0 Å². The van der Waals surface area contributed by atoms with Gasteiger partial charge in [0.2, 0.25) is 17.7 Å². The van der Waals surface area contributed by atoms with Gasteiger partial charge in [-0.2, -0.15) is 0 Å². The van der Waals surface area contributed by atoms with Crippen LogP contribution < -0.4 is 16.4 Å². The topological polar surface area (TPSA) is 162 Å². The molecule has 5 atom stereocenters. The van der Waals surface area contributed by atoms with E-state index in [1.807, 2.05) is 0 Å². The molecule has 0 saturated carbocycles. The predicted molar refractivity (Wildman–Crippen MR) is 96.4 cm³/mol. The fraction of sp³-hybridized carbons (Fsp3) is 0.765. The van der Waals surface area contributed by atoms with Crippen LogP contribution in [0.3, 0.4) is 0 Å². The maximum absolute atomic E-state index is 12.6. The minimum Gasteiger partial charge on any atom is -0.480 e. The molecule has 10 heteroatoms. The van der Waals surface area contributed by atoms with Crippen LogP contribution >= 0.6 is 0 Å². The molecule has 5 unspecified atom stereocenters. The number of aliphatic hydroxyl groups excluding tert-OH is 1. The Morgan fingerprint density at radius 2 is 1.81 bits per heavy atom. The molecule has 0 aromatic carbocycles. The van der Waals surface area contributed by atoms with E-state index in [0.717, 1.165) is 0 Å². The summed E-state index contributed by atoms with van der Waals surface area (Å²) in [5.41, 5.74) is 5.35. The molecule has 1 saturated heterocycles. The van der Waals surface area contributed by atoms with E-state index in [1.165, 1.54) is 11.8 Å². The number of likely N-dealkylation sites (tertiary alicyclic amines) is 1. The zero-order chi connectivity index (χ0) is 20.7. The lowest BCUT2D eigenvalue weighted by Gasteiger charge is -2.28. The first-order valence-corrected chi connectivity index (χ1v) is 9.15. The Labute approximate surface area is 158 Å². The van der Waals surface area contributed by atoms with E-state index in [-0.39, 0.29) is 18.4 Å². The molecule has 1 aliphatic heterocycles. The normalized spacial score (nSPS) is 21.1. The summed E-state index contributed by atoms with van der Waals surface area (Å²) in [5.74, 6) is -3.26. The van der Waals surface area contributed by atoms with Gasteiger partial charge < -0.3 is 31.5 Å². The highest BCUT2D eigenvalue weighted by molar-refractivity contribution is 5.94. The zero-order valence-corrected chi connectivity index (χ0v) is 16.0. The molecule has 1 heterocycles. The Hall–Kier alpha value is -2.20. The fourth-order valence-corrected chi connectivity index (χ4v) is 3.04. The third-order valence-electron chi connectivity index (χ3n) is 4.89. The Balaban J connectivity index is 2.86. The molecule has 27 heavy (non-hydrogen) atoms. The van der Waals surface area contributed by atoms with Crippen molar-refractivity contribution in [1.29, 1.82) is 0 Å². The summed E-state index contributed by atoms with van der Waals surface area (Å²) >= 11 is 0. The van der Waals surface area contributed by atoms with Crippen LogP contribution in [0.2, 0.25) is 0 Å². The van der Waals surface area contributed by atoms with E-state index in [4.69, 9.17) is 5.73 Å². The van der Waals surface area contributed by atoms with Gasteiger partial charge in [0.15, 0.2) is 0 Å². The van der Waals surface area contributed by atoms with Crippen molar-refractivity contribution in [3.05, 3.63) is 0 Å². The molecule has 1 fully saturated rings. The molecule has 0 radical (unpaired) electrons. The van der Waals surface area contributed by atoms with Crippen LogP contribution in [-0.4, -0.2) is 76.1 Å². The molecule has 0 aromatic heterocycles. The number of hydrogen-bond donors (Lipinski definition) is 5. The quantitative estimate of drug-likeness (QED) is 0.319. The second-order valence-electron chi connectivity index (χ2n) is 6.89. The number of carbonyl (C=O) groups excluding carboxylic acids is 3. The molecular weight excluding hydrogens is 356 g/mol. The number of nitrogens with two attached hydrogens (primary N) is 1. The van der Waals surface area contributed by atoms with Gasteiger partial charge in [0.05, 0.1) is 12.6 Å². The van der Waals surface area contributed by atoms with Gasteiger partial charge in [-0.05, 0) is 25.7 Å². The Morgan fingerprint density at radius 3 is 2.30 bits per heavy atom. The van der Waals surface area contributed by atoms with Crippen LogP contribution in [0.5, 0.6) is 0 Å². The van der Waals surface area contributed by atoms with Gasteiger partial charge in [-0.3, -0.25) is 14.4 Å². The highest BCUT2D eigenvalue weighted by atomic mass is 16.4. The van der Waals surface area contributed by atoms with Crippen molar-refractivity contribution in [1.82, 2.24) is 15.5 Å². The Kier molecular flexibility index (Phi) is 8.64. The van der Waals surface area contributed by atoms with Gasteiger partial charge in [0.1, 0.15) is 18.1 Å². The van der Waals surface area contributed by atoms with Gasteiger partial charge in [0, 0.05) is 6.54 Å². The SMILES string of the molecule is CCC(C)C(NC(=O)C(NC(=O)C1CCCN1C(=O)CN)C(C)O)C(=O)O. The highest BCUT2D eigenvalue weighted by Crippen LogP contribution is 2.18. The van der Waals surface area contributed by atoms with Crippen LogP contribution in [0.1, 0.15) is 40.0 Å². The number of aliphatic hydroxyl groups is 1. The Morgan fingerprint density at radius 1 is 1.19 bits per heavy atom. The number of nitrogens with one attached hydrogen (secondary N) is 2. The van der Waals surface area contributed by atoms with Gasteiger partial charge in [-0.25, -0.2) is 4.79 Å². The van der Waals surface area contributed by atoms with Gasteiger partial charge in [-0.1, -0.05) is 20.3 Å². The maximum Gasteiger partial charge on any atom is 0.326 e. The average molecular weight is 386 g/mol. The van der Waals surface area contributed by atoms with Gasteiger partial charge in [0.25, 0.3) is 0 Å². The van der Waals surface area contributed by atoms with Crippen LogP contribution in [0, 0.1) is 5.92 Å². The van der Waals surface area contributed by atoms with Crippen molar-refractivity contribution in [2.24, 2.45) is 11.7 Å². The lowest BCUT2D eigenvalue weighted by molar-refractivity contribution is -0.145. The predicted octanol–water partition coefficient (Wildman–Crippen LogP) is -1.58. The number of carboxylic acids is 1. The minimum absolute atomic E-state index is 0.223. The van der Waals surface area contributed by atoms with E-state index in [2.05, 4.69) is 10.6 Å². The average Bonchev–Trinajstić information content (AvgIpc) is 3.11. The number of nitrogens with zero attached hydrogens (tertiary/aromatic N) is 1. The molecular formula is C17H30N4O6. The van der Waals surface area contributed by atoms with Crippen LogP contribution in [0.4, 0.5) is 0 Å². The maximum atomic E-state index is 12.6. The molecule has 0 aromatic rings. The van der Waals surface area contributed by atoms with E-state index in [1.54, 1.807) is 13.8 Å². The van der Waals surface area contributed by atoms with Gasteiger partial charge >= 0.3 is 5.97 Å². The van der Waals surface area contributed by atoms with Crippen LogP contribution in [-0.2, 0) is 19.2 Å². The highest BCUT2D eigenvalue weighted by Gasteiger charge is 2.37. The minimum atomic E-state index is -1.33. The molecule has 0 aliphatic carbocycles. The monoisotopic (exact) mass is 386 g/mol. The molecule has 154 valence electrons. The lowest BCUT2D eigenvalue weighted by Crippen LogP contribution is -2.59. The summed E-state index contributed by atoms with van der Waals surface area (Å²) in [7, 11) is 0. The summed E-state index contributed by atoms with van der Waals surface area (Å²) in [6.45, 7) is 4.97. The second-order valence-corrected chi connectivity index (χ2v) is 6.89. The molecule has 1 aliphatic rings. The van der Waals surface area contributed by atoms with E-state index in [0.29, 0.717) is 25.8 Å². The standard InChI is InChI=1S/C17H30N4O6/c1-4-9(2)13(17(26)27)19-16(25)14(10(3)22)20-15(24)11-6-5-7-21(11)12(23)8-18/h9-11,13-14,22H,4-8,18H2,1-3H3,(H,19,25)(H,20,24)(H,26,27). The molecule has 0 spiro atoms. The van der Waals surface area contributed by atoms with E-state index < -0.39 is 42.0 Å². The third kappa shape index (κ3) is 5.90. The van der Waals surface area contributed by atoms with E-state index >= 15 is 0 Å². The molecule has 1 rings (SSSR count). The summed E-state index contributed by atoms with van der Waals surface area (Å²) < 4.78 is 0. The first-order chi connectivity index (χ1) is 12.6. The summed E-state index contributed by atoms with van der Waals surface area (Å²) in [6, 6.07) is -3.23. The third-order valence-corrected chi connectivity index (χ3v) is 4.89. The number of aliphatic carboxylic acids is 1. The second kappa shape index (κ2) is 10.2. The smallest absolute Gasteiger partial charge is 0.326 e. The van der Waals surface area contributed by atoms with E-state index in [9.17, 15) is 29.4 Å². The fourth-order valence-electron chi connectivity index (χ4n) is 3.04. The summed E-state index contributed by atoms with van der Waals surface area (Å²) in [6.07, 6.45) is 0.336. The number of rotatable bonds is 9. The van der Waals surface area contributed by atoms with Crippen molar-refractivity contribution in [2.45, 2.75) is 64.3 Å². The molecule has 6 N–H and O–H groups in total. The van der Waals surface area contributed by atoms with Crippen LogP contribution in [0.15, 0.2) is 0 Å². The number of carbonyl (C=O) groups is 4. The van der Waals surface area contributed by atoms with Crippen molar-refractivity contribution >= 4 is 23.7 Å².